The molecule has 2 aliphatic rings. The summed E-state index contributed by atoms with van der Waals surface area (Å²) in [5, 5.41) is 15.9. The van der Waals surface area contributed by atoms with Gasteiger partial charge in [-0.15, -0.1) is 0 Å². The number of ether oxygens (including phenoxy) is 1. The third-order valence-electron chi connectivity index (χ3n) is 8.26. The summed E-state index contributed by atoms with van der Waals surface area (Å²) in [4.78, 5) is 43.7. The van der Waals surface area contributed by atoms with Crippen molar-refractivity contribution < 1.29 is 19.4 Å². The third kappa shape index (κ3) is 5.58. The molecule has 214 valence electrons. The molecule has 2 aromatic carbocycles. The van der Waals surface area contributed by atoms with E-state index < -0.39 is 5.60 Å². The molecule has 0 bridgehead atoms. The van der Waals surface area contributed by atoms with Crippen LogP contribution >= 0.6 is 0 Å². The zero-order chi connectivity index (χ0) is 28.6. The lowest BCUT2D eigenvalue weighted by atomic mass is 9.85. The second-order valence-corrected chi connectivity index (χ2v) is 11.6. The van der Waals surface area contributed by atoms with Crippen molar-refractivity contribution in [2.24, 2.45) is 5.92 Å². The average Bonchev–Trinajstić information content (AvgIpc) is 3.52. The molecule has 2 amide bonds. The number of aromatic nitrogens is 2. The maximum absolute atomic E-state index is 13.2. The molecule has 1 atom stereocenters. The van der Waals surface area contributed by atoms with Gasteiger partial charge in [0.25, 0.3) is 5.91 Å². The highest BCUT2D eigenvalue weighted by molar-refractivity contribution is 5.93. The highest BCUT2D eigenvalue weighted by Gasteiger charge is 2.32. The number of aromatic amines is 1. The van der Waals surface area contributed by atoms with Crippen LogP contribution in [0.1, 0.15) is 57.6 Å². The van der Waals surface area contributed by atoms with Gasteiger partial charge in [0, 0.05) is 42.8 Å². The van der Waals surface area contributed by atoms with E-state index in [1.165, 1.54) is 13.8 Å². The summed E-state index contributed by atoms with van der Waals surface area (Å²) in [7, 11) is 1.62. The van der Waals surface area contributed by atoms with Crippen molar-refractivity contribution in [2.45, 2.75) is 70.6 Å². The number of nitrogens with one attached hydrogen (secondary N) is 3. The first-order chi connectivity index (χ1) is 19.0. The number of carbonyl (C=O) groups is 2. The van der Waals surface area contributed by atoms with Crippen LogP contribution in [0.4, 0.5) is 11.4 Å². The molecule has 1 aliphatic heterocycles. The van der Waals surface area contributed by atoms with Gasteiger partial charge in [0.1, 0.15) is 11.4 Å². The second-order valence-electron chi connectivity index (χ2n) is 11.6. The lowest BCUT2D eigenvalue weighted by Gasteiger charge is -2.29. The summed E-state index contributed by atoms with van der Waals surface area (Å²) in [6.45, 7) is 6.25. The fourth-order valence-corrected chi connectivity index (χ4v) is 5.96. The minimum Gasteiger partial charge on any atom is -0.496 e. The van der Waals surface area contributed by atoms with Crippen LogP contribution in [0.5, 0.6) is 5.75 Å². The molecule has 40 heavy (non-hydrogen) atoms. The van der Waals surface area contributed by atoms with Crippen LogP contribution in [0.3, 0.4) is 0 Å². The molecule has 5 rings (SSSR count). The fraction of sp³-hybridized carbons (Fsp3) is 0.500. The average molecular weight is 550 g/mol. The van der Waals surface area contributed by atoms with Crippen LogP contribution in [-0.4, -0.2) is 58.3 Å². The molecule has 1 aromatic heterocycles. The van der Waals surface area contributed by atoms with Gasteiger partial charge in [-0.25, -0.2) is 4.79 Å². The number of imidazole rings is 1. The lowest BCUT2D eigenvalue weighted by molar-refractivity contribution is -0.137. The van der Waals surface area contributed by atoms with E-state index >= 15 is 0 Å². The van der Waals surface area contributed by atoms with Gasteiger partial charge in [0.2, 0.25) is 5.91 Å². The van der Waals surface area contributed by atoms with E-state index in [4.69, 9.17) is 4.74 Å². The quantitative estimate of drug-likeness (QED) is 0.357. The Morgan fingerprint density at radius 2 is 1.85 bits per heavy atom. The Balaban J connectivity index is 1.26. The number of para-hydroxylation sites is 1. The number of aliphatic hydroxyl groups is 1. The Bertz CT molecular complexity index is 1460. The van der Waals surface area contributed by atoms with Crippen LogP contribution in [0.25, 0.3) is 11.0 Å². The second kappa shape index (κ2) is 11.0. The molecule has 2 heterocycles. The predicted molar refractivity (Wildman–Crippen MR) is 155 cm³/mol. The van der Waals surface area contributed by atoms with E-state index in [-0.39, 0.29) is 35.5 Å². The number of aryl methyl sites for hydroxylation is 1. The molecule has 3 aromatic rings. The molecule has 4 N–H and O–H groups in total. The summed E-state index contributed by atoms with van der Waals surface area (Å²) in [5.74, 6) is 0.238. The number of methoxy groups -OCH3 is 1. The Morgan fingerprint density at radius 3 is 2.55 bits per heavy atom. The Kier molecular flexibility index (Phi) is 7.63. The number of hydrogen-bond acceptors (Lipinski definition) is 6. The smallest absolute Gasteiger partial charge is 0.326 e. The Hall–Kier alpha value is -3.79. The van der Waals surface area contributed by atoms with Gasteiger partial charge >= 0.3 is 5.69 Å². The molecule has 0 radical (unpaired) electrons. The number of rotatable bonds is 7. The summed E-state index contributed by atoms with van der Waals surface area (Å²) in [5.41, 5.74) is 2.72. The molecule has 10 heteroatoms. The van der Waals surface area contributed by atoms with E-state index in [0.717, 1.165) is 59.5 Å². The first kappa shape index (κ1) is 27.8. The zero-order valence-electron chi connectivity index (χ0n) is 23.6. The normalized spacial score (nSPS) is 21.4. The zero-order valence-corrected chi connectivity index (χ0v) is 23.6. The van der Waals surface area contributed by atoms with Gasteiger partial charge in [-0.2, -0.15) is 0 Å². The van der Waals surface area contributed by atoms with Gasteiger partial charge in [-0.05, 0) is 76.6 Å². The number of fused-ring (bicyclic) bond motifs is 1. The number of carbonyl (C=O) groups excluding carboxylic acids is 2. The molecule has 1 aliphatic carbocycles. The molecular weight excluding hydrogens is 510 g/mol. The van der Waals surface area contributed by atoms with Gasteiger partial charge < -0.3 is 30.4 Å². The molecule has 1 saturated carbocycles. The van der Waals surface area contributed by atoms with Gasteiger partial charge in [0.05, 0.1) is 23.8 Å². The highest BCUT2D eigenvalue weighted by atomic mass is 16.5. The van der Waals surface area contributed by atoms with Crippen molar-refractivity contribution in [2.75, 3.05) is 30.4 Å². The standard InChI is InChI=1S/C30H39N5O5/c1-18-8-11-20(16-25(18)40-4)31-27(36)19-9-12-22(13-10-19)35-24-7-5-6-23(26(24)33-29(35)38)34-15-14-21(17-34)32-28(37)30(2,3)39/h5-8,11,16,19,21-22,39H,9-10,12-15,17H2,1-4H3,(H,31,36)(H,32,37)(H,33,38)/t19-,21?,22+. The van der Waals surface area contributed by atoms with Gasteiger partial charge in [0.15, 0.2) is 0 Å². The van der Waals surface area contributed by atoms with E-state index in [2.05, 4.69) is 20.5 Å². The highest BCUT2D eigenvalue weighted by Crippen LogP contribution is 2.36. The summed E-state index contributed by atoms with van der Waals surface area (Å²) >= 11 is 0. The largest absolute Gasteiger partial charge is 0.496 e. The van der Waals surface area contributed by atoms with E-state index in [1.807, 2.05) is 47.9 Å². The first-order valence-electron chi connectivity index (χ1n) is 14.0. The predicted octanol–water partition coefficient (Wildman–Crippen LogP) is 3.48. The topological polar surface area (TPSA) is 129 Å². The number of H-pyrrole nitrogens is 1. The van der Waals surface area contributed by atoms with Crippen molar-refractivity contribution >= 4 is 34.2 Å². The minimum absolute atomic E-state index is 0.00169. The van der Waals surface area contributed by atoms with Crippen LogP contribution in [0, 0.1) is 12.8 Å². The summed E-state index contributed by atoms with van der Waals surface area (Å²) < 4.78 is 7.22. The maximum Gasteiger partial charge on any atom is 0.326 e. The number of benzene rings is 2. The van der Waals surface area contributed by atoms with Gasteiger partial charge in [-0.3, -0.25) is 14.2 Å². The van der Waals surface area contributed by atoms with Crippen LogP contribution in [-0.2, 0) is 9.59 Å². The minimum atomic E-state index is -1.43. The summed E-state index contributed by atoms with van der Waals surface area (Å²) in [6, 6.07) is 11.5. The molecule has 2 fully saturated rings. The first-order valence-corrected chi connectivity index (χ1v) is 14.0. The number of nitrogens with zero attached hydrogens (tertiary/aromatic N) is 2. The molecule has 10 nitrogen and oxygen atoms in total. The van der Waals surface area contributed by atoms with E-state index in [9.17, 15) is 19.5 Å². The lowest BCUT2D eigenvalue weighted by Crippen LogP contribution is -2.47. The molecule has 1 unspecified atom stereocenters. The van der Waals surface area contributed by atoms with Crippen molar-refractivity contribution in [3.05, 3.63) is 52.4 Å². The number of hydrogen-bond donors (Lipinski definition) is 4. The summed E-state index contributed by atoms with van der Waals surface area (Å²) in [6.07, 6.45) is 3.63. The van der Waals surface area contributed by atoms with Crippen molar-refractivity contribution in [1.82, 2.24) is 14.9 Å². The van der Waals surface area contributed by atoms with Crippen LogP contribution in [0.15, 0.2) is 41.2 Å². The monoisotopic (exact) mass is 549 g/mol. The Morgan fingerprint density at radius 1 is 1.10 bits per heavy atom. The van der Waals surface area contributed by atoms with Crippen molar-refractivity contribution in [1.29, 1.82) is 0 Å². The van der Waals surface area contributed by atoms with Crippen molar-refractivity contribution in [3.63, 3.8) is 0 Å². The van der Waals surface area contributed by atoms with Crippen LogP contribution < -0.4 is 26.0 Å². The number of amides is 2. The molecule has 1 saturated heterocycles. The maximum atomic E-state index is 13.2. The van der Waals surface area contributed by atoms with Gasteiger partial charge in [-0.1, -0.05) is 12.1 Å². The SMILES string of the molecule is COc1cc(NC(=O)[C@H]2CC[C@@H](n3c(=O)[nH]c4c(N5CCC(NC(=O)C(C)(C)O)C5)cccc43)CC2)ccc1C. The Labute approximate surface area is 233 Å². The number of anilines is 2. The van der Waals surface area contributed by atoms with E-state index in [1.54, 1.807) is 7.11 Å². The molecule has 0 spiro atoms. The molecular formula is C30H39N5O5. The van der Waals surface area contributed by atoms with E-state index in [0.29, 0.717) is 19.4 Å². The van der Waals surface area contributed by atoms with Crippen LogP contribution in [0.2, 0.25) is 0 Å². The third-order valence-corrected chi connectivity index (χ3v) is 8.26. The fourth-order valence-electron chi connectivity index (χ4n) is 5.96. The van der Waals surface area contributed by atoms with Crippen molar-refractivity contribution in [3.8, 4) is 5.75 Å².